The molecule has 2 heteroatoms. The van der Waals surface area contributed by atoms with Crippen molar-refractivity contribution in [1.82, 2.24) is 0 Å². The summed E-state index contributed by atoms with van der Waals surface area (Å²) in [7, 11) is 2.56. The molecule has 1 saturated carbocycles. The largest absolute Gasteiger partial charge is 0.431 e. The van der Waals surface area contributed by atoms with E-state index in [4.69, 9.17) is 0 Å². The highest BCUT2D eigenvalue weighted by atomic mass is 28.2. The quantitative estimate of drug-likeness (QED) is 0.557. The lowest BCUT2D eigenvalue weighted by Crippen LogP contribution is -2.22. The van der Waals surface area contributed by atoms with Crippen LogP contribution in [0.15, 0.2) is 41.5 Å². The third-order valence-electron chi connectivity index (χ3n) is 4.76. The second-order valence-electron chi connectivity index (χ2n) is 5.60. The van der Waals surface area contributed by atoms with Crippen molar-refractivity contribution in [2.75, 3.05) is 7.11 Å². The van der Waals surface area contributed by atoms with Gasteiger partial charge in [0.05, 0.1) is 0 Å². The molecule has 2 atom stereocenters. The summed E-state index contributed by atoms with van der Waals surface area (Å²) in [5.74, 6) is 0.880. The first kappa shape index (κ1) is 13.6. The van der Waals surface area contributed by atoms with Gasteiger partial charge in [-0.15, -0.1) is 0 Å². The zero-order valence-electron chi connectivity index (χ0n) is 12.0. The van der Waals surface area contributed by atoms with Gasteiger partial charge >= 0.3 is 0 Å². The second-order valence-corrected chi connectivity index (χ2v) is 6.42. The highest BCUT2D eigenvalue weighted by Crippen LogP contribution is 2.57. The Kier molecular flexibility index (Phi) is 4.08. The van der Waals surface area contributed by atoms with E-state index in [0.717, 1.165) is 16.4 Å². The molecule has 0 radical (unpaired) electrons. The molecule has 1 nitrogen and oxygen atoms in total. The molecule has 1 aromatic rings. The van der Waals surface area contributed by atoms with E-state index in [-0.39, 0.29) is 0 Å². The molecular weight excluding hydrogens is 236 g/mol. The molecule has 0 aromatic heterocycles. The molecule has 0 heterocycles. The van der Waals surface area contributed by atoms with Gasteiger partial charge in [-0.25, -0.2) is 0 Å². The maximum atomic E-state index is 4.39. The van der Waals surface area contributed by atoms with E-state index in [1.54, 1.807) is 23.8 Å². The molecule has 98 valence electrons. The number of hydrogen-bond acceptors (Lipinski definition) is 1. The summed E-state index contributed by atoms with van der Waals surface area (Å²) in [6.45, 7) is 4.69. The molecule has 0 amide bonds. The second kappa shape index (κ2) is 5.41. The lowest BCUT2D eigenvalue weighted by Gasteiger charge is -2.30. The Bertz CT molecular complexity index is 438. The van der Waals surface area contributed by atoms with Crippen molar-refractivity contribution in [2.45, 2.75) is 38.5 Å². The van der Waals surface area contributed by atoms with Crippen molar-refractivity contribution >= 4 is 10.5 Å². The average molecular weight is 260 g/mol. The highest BCUT2D eigenvalue weighted by Gasteiger charge is 2.48. The van der Waals surface area contributed by atoms with Crippen molar-refractivity contribution in [3.05, 3.63) is 47.0 Å². The highest BCUT2D eigenvalue weighted by molar-refractivity contribution is 5.97. The standard InChI is InChI=1S/C15H18.CH6OSi/c1-11-12(2)15(9-8-13(11)10-15)14-6-4-3-5-7-14;1-2-3/h3-7,13H,8-10H2,1-2H3;1,3H3. The Morgan fingerprint density at radius 1 is 1.22 bits per heavy atom. The Morgan fingerprint density at radius 3 is 2.33 bits per heavy atom. The van der Waals surface area contributed by atoms with Crippen LogP contribution in [0, 0.1) is 5.92 Å². The van der Waals surface area contributed by atoms with Crippen molar-refractivity contribution in [1.29, 1.82) is 0 Å². The van der Waals surface area contributed by atoms with Crippen LogP contribution in [0.3, 0.4) is 0 Å². The van der Waals surface area contributed by atoms with Crippen molar-refractivity contribution in [2.24, 2.45) is 5.92 Å². The molecule has 1 fully saturated rings. The fourth-order valence-corrected chi connectivity index (χ4v) is 3.68. The van der Waals surface area contributed by atoms with E-state index >= 15 is 0 Å². The van der Waals surface area contributed by atoms with Crippen LogP contribution in [-0.4, -0.2) is 17.6 Å². The number of rotatable bonds is 1. The molecule has 0 aliphatic heterocycles. The Hall–Kier alpha value is -0.863. The Labute approximate surface area is 114 Å². The number of allylic oxidation sites excluding steroid dienone is 2. The van der Waals surface area contributed by atoms with Gasteiger partial charge in [-0.1, -0.05) is 41.5 Å². The predicted octanol–water partition coefficient (Wildman–Crippen LogP) is 2.99. The summed E-state index contributed by atoms with van der Waals surface area (Å²) in [5.41, 5.74) is 5.28. The molecule has 3 rings (SSSR count). The van der Waals surface area contributed by atoms with E-state index < -0.39 is 0 Å². The Morgan fingerprint density at radius 2 is 1.83 bits per heavy atom. The number of hydrogen-bond donors (Lipinski definition) is 0. The number of fused-ring (bicyclic) bond motifs is 2. The lowest BCUT2D eigenvalue weighted by molar-refractivity contribution is 0.460. The minimum Gasteiger partial charge on any atom is -0.431 e. The first-order valence-corrected chi connectivity index (χ1v) is 7.61. The van der Waals surface area contributed by atoms with E-state index in [9.17, 15) is 0 Å². The van der Waals surface area contributed by atoms with Crippen LogP contribution in [0.1, 0.15) is 38.7 Å². The molecule has 2 unspecified atom stereocenters. The fraction of sp³-hybridized carbons (Fsp3) is 0.500. The fourth-order valence-electron chi connectivity index (χ4n) is 3.68. The maximum absolute atomic E-state index is 4.39. The maximum Gasteiger partial charge on any atom is 0.145 e. The summed E-state index contributed by atoms with van der Waals surface area (Å²) in [6.07, 6.45) is 4.14. The smallest absolute Gasteiger partial charge is 0.145 e. The molecular formula is C16H24OSi. The lowest BCUT2D eigenvalue weighted by atomic mass is 9.74. The minimum absolute atomic E-state index is 0.413. The van der Waals surface area contributed by atoms with Gasteiger partial charge in [0.25, 0.3) is 0 Å². The SMILES string of the molecule is CC1=C(C)C2(c3ccccc3)CCC1C2.CO[SiH3]. The molecule has 18 heavy (non-hydrogen) atoms. The first-order chi connectivity index (χ1) is 8.65. The van der Waals surface area contributed by atoms with Crippen LogP contribution in [0.4, 0.5) is 0 Å². The van der Waals surface area contributed by atoms with E-state index in [0.29, 0.717) is 5.41 Å². The van der Waals surface area contributed by atoms with Crippen molar-refractivity contribution in [3.63, 3.8) is 0 Å². The van der Waals surface area contributed by atoms with E-state index in [2.05, 4.69) is 48.6 Å². The van der Waals surface area contributed by atoms with Crippen LogP contribution in [0.5, 0.6) is 0 Å². The van der Waals surface area contributed by atoms with Gasteiger partial charge in [-0.2, -0.15) is 0 Å². The van der Waals surface area contributed by atoms with Gasteiger partial charge in [-0.3, -0.25) is 0 Å². The average Bonchev–Trinajstić information content (AvgIpc) is 2.93. The van der Waals surface area contributed by atoms with Gasteiger partial charge < -0.3 is 4.43 Å². The van der Waals surface area contributed by atoms with E-state index in [1.807, 2.05) is 0 Å². The molecule has 0 N–H and O–H groups in total. The van der Waals surface area contributed by atoms with Gasteiger partial charge in [0.1, 0.15) is 10.5 Å². The topological polar surface area (TPSA) is 9.23 Å². The molecule has 2 aliphatic rings. The van der Waals surface area contributed by atoms with Crippen LogP contribution >= 0.6 is 0 Å². The molecule has 2 aliphatic carbocycles. The summed E-state index contributed by atoms with van der Waals surface area (Å²) < 4.78 is 4.39. The summed E-state index contributed by atoms with van der Waals surface area (Å²) >= 11 is 0. The summed E-state index contributed by atoms with van der Waals surface area (Å²) in [4.78, 5) is 0. The third kappa shape index (κ3) is 2.08. The van der Waals surface area contributed by atoms with Gasteiger partial charge in [0.2, 0.25) is 0 Å². The van der Waals surface area contributed by atoms with Crippen LogP contribution in [-0.2, 0) is 9.84 Å². The van der Waals surface area contributed by atoms with Gasteiger partial charge in [0.15, 0.2) is 0 Å². The number of benzene rings is 1. The third-order valence-corrected chi connectivity index (χ3v) is 4.76. The summed E-state index contributed by atoms with van der Waals surface area (Å²) in [5, 5.41) is 0. The van der Waals surface area contributed by atoms with Gasteiger partial charge in [-0.05, 0) is 44.6 Å². The van der Waals surface area contributed by atoms with Crippen LogP contribution in [0.25, 0.3) is 0 Å². The Balaban J connectivity index is 0.000000367. The molecule has 0 saturated heterocycles. The zero-order valence-corrected chi connectivity index (χ0v) is 14.0. The van der Waals surface area contributed by atoms with Crippen molar-refractivity contribution < 1.29 is 4.43 Å². The summed E-state index contributed by atoms with van der Waals surface area (Å²) in [6, 6.07) is 11.1. The molecule has 2 bridgehead atoms. The van der Waals surface area contributed by atoms with Gasteiger partial charge in [0, 0.05) is 12.5 Å². The van der Waals surface area contributed by atoms with E-state index in [1.165, 1.54) is 19.3 Å². The normalized spacial score (nSPS) is 29.4. The first-order valence-electron chi connectivity index (χ1n) is 6.79. The zero-order chi connectivity index (χ0) is 13.2. The minimum atomic E-state index is 0.413. The molecule has 1 aromatic carbocycles. The predicted molar refractivity (Wildman–Crippen MR) is 80.8 cm³/mol. The van der Waals surface area contributed by atoms with Crippen molar-refractivity contribution in [3.8, 4) is 0 Å². The van der Waals surface area contributed by atoms with Crippen LogP contribution in [0.2, 0.25) is 0 Å². The monoisotopic (exact) mass is 260 g/mol. The molecule has 0 spiro atoms. The van der Waals surface area contributed by atoms with Crippen LogP contribution < -0.4 is 0 Å².